The third kappa shape index (κ3) is 7.99. The Hall–Kier alpha value is -2.08. The van der Waals surface area contributed by atoms with Crippen molar-refractivity contribution in [3.05, 3.63) is 30.3 Å². The van der Waals surface area contributed by atoms with Gasteiger partial charge in [-0.15, -0.1) is 0 Å². The molecule has 1 aliphatic heterocycles. The molecule has 0 saturated carbocycles. The number of benzene rings is 1. The first kappa shape index (κ1) is 21.2. The normalized spacial score (nSPS) is 16.0. The quantitative estimate of drug-likeness (QED) is 0.615. The van der Waals surface area contributed by atoms with Gasteiger partial charge in [-0.25, -0.2) is 0 Å². The van der Waals surface area contributed by atoms with E-state index in [9.17, 15) is 9.59 Å². The zero-order chi connectivity index (χ0) is 19.5. The molecule has 1 fully saturated rings. The number of nitrogens with zero attached hydrogens (tertiary/aromatic N) is 1. The molecule has 0 aromatic heterocycles. The van der Waals surface area contributed by atoms with Crippen molar-refractivity contribution in [1.29, 1.82) is 0 Å². The number of ether oxygens (including phenoxy) is 1. The minimum Gasteiger partial charge on any atom is -0.484 e. The number of carbonyl (C=O) groups excluding carboxylic acids is 2. The van der Waals surface area contributed by atoms with Gasteiger partial charge < -0.3 is 20.3 Å². The Labute approximate surface area is 162 Å². The van der Waals surface area contributed by atoms with Gasteiger partial charge in [0, 0.05) is 6.54 Å². The van der Waals surface area contributed by atoms with E-state index in [0.29, 0.717) is 12.3 Å². The lowest BCUT2D eigenvalue weighted by molar-refractivity contribution is -0.131. The molecule has 1 aliphatic rings. The van der Waals surface area contributed by atoms with Crippen molar-refractivity contribution < 1.29 is 14.3 Å². The average Bonchev–Trinajstić information content (AvgIpc) is 2.69. The number of likely N-dealkylation sites (tertiary alicyclic amines) is 1. The molecular formula is C21H33N3O3. The van der Waals surface area contributed by atoms with Gasteiger partial charge in [0.15, 0.2) is 6.61 Å². The van der Waals surface area contributed by atoms with Crippen LogP contribution in [0, 0.1) is 5.92 Å². The second-order valence-electron chi connectivity index (χ2n) is 7.44. The lowest BCUT2D eigenvalue weighted by Gasteiger charge is -2.26. The minimum absolute atomic E-state index is 0.00719. The van der Waals surface area contributed by atoms with Gasteiger partial charge in [0.05, 0.1) is 0 Å². The van der Waals surface area contributed by atoms with Crippen LogP contribution in [0.25, 0.3) is 0 Å². The van der Waals surface area contributed by atoms with Crippen LogP contribution in [0.4, 0.5) is 0 Å². The number of piperidine rings is 1. The molecule has 0 spiro atoms. The van der Waals surface area contributed by atoms with Gasteiger partial charge in [-0.2, -0.15) is 0 Å². The Kier molecular flexibility index (Phi) is 9.11. The van der Waals surface area contributed by atoms with Crippen molar-refractivity contribution in [2.45, 2.75) is 45.6 Å². The van der Waals surface area contributed by atoms with E-state index in [1.54, 1.807) is 12.1 Å². The molecular weight excluding hydrogens is 342 g/mol. The standard InChI is InChI=1S/C21H33N3O3/c1-17(2)20(23-19(25)16-27-18-10-5-3-6-11-18)21(26)22-12-9-15-24-13-7-4-8-14-24/h3,5-6,10-11,17,20H,4,7-9,12-16H2,1-2H3,(H,22,26)(H,23,25). The Morgan fingerprint density at radius 2 is 1.81 bits per heavy atom. The highest BCUT2D eigenvalue weighted by molar-refractivity contribution is 5.88. The van der Waals surface area contributed by atoms with Crippen LogP contribution < -0.4 is 15.4 Å². The Bertz CT molecular complexity index is 571. The van der Waals surface area contributed by atoms with Crippen molar-refractivity contribution in [2.75, 3.05) is 32.8 Å². The van der Waals surface area contributed by atoms with E-state index in [-0.39, 0.29) is 24.3 Å². The van der Waals surface area contributed by atoms with Gasteiger partial charge in [-0.3, -0.25) is 9.59 Å². The molecule has 1 unspecified atom stereocenters. The fourth-order valence-electron chi connectivity index (χ4n) is 3.22. The van der Waals surface area contributed by atoms with Gasteiger partial charge in [0.1, 0.15) is 11.8 Å². The van der Waals surface area contributed by atoms with Gasteiger partial charge >= 0.3 is 0 Å². The van der Waals surface area contributed by atoms with E-state index in [0.717, 1.165) is 13.0 Å². The van der Waals surface area contributed by atoms with Crippen molar-refractivity contribution in [2.24, 2.45) is 5.92 Å². The van der Waals surface area contributed by atoms with E-state index >= 15 is 0 Å². The summed E-state index contributed by atoms with van der Waals surface area (Å²) in [4.78, 5) is 27.1. The van der Waals surface area contributed by atoms with Crippen LogP contribution >= 0.6 is 0 Å². The minimum atomic E-state index is -0.549. The van der Waals surface area contributed by atoms with Gasteiger partial charge in [0.25, 0.3) is 5.91 Å². The summed E-state index contributed by atoms with van der Waals surface area (Å²) in [6, 6.07) is 8.62. The molecule has 1 atom stereocenters. The Morgan fingerprint density at radius 1 is 1.11 bits per heavy atom. The molecule has 150 valence electrons. The van der Waals surface area contributed by atoms with Crippen LogP contribution in [0.5, 0.6) is 5.75 Å². The second-order valence-corrected chi connectivity index (χ2v) is 7.44. The maximum atomic E-state index is 12.5. The van der Waals surface area contributed by atoms with Crippen molar-refractivity contribution in [3.8, 4) is 5.75 Å². The zero-order valence-electron chi connectivity index (χ0n) is 16.6. The number of para-hydroxylation sites is 1. The zero-order valence-corrected chi connectivity index (χ0v) is 16.6. The summed E-state index contributed by atoms with van der Waals surface area (Å²) in [5.74, 6) is 0.224. The van der Waals surface area contributed by atoms with Crippen LogP contribution in [0.3, 0.4) is 0 Å². The van der Waals surface area contributed by atoms with Gasteiger partial charge in [-0.05, 0) is 56.9 Å². The van der Waals surface area contributed by atoms with Gasteiger partial charge in [0.2, 0.25) is 5.91 Å². The molecule has 6 heteroatoms. The first-order chi connectivity index (χ1) is 13.1. The summed E-state index contributed by atoms with van der Waals surface area (Å²) < 4.78 is 5.44. The molecule has 1 aromatic rings. The van der Waals surface area contributed by atoms with E-state index in [1.807, 2.05) is 32.0 Å². The number of hydrogen-bond acceptors (Lipinski definition) is 4. The van der Waals surface area contributed by atoms with E-state index in [1.165, 1.54) is 32.4 Å². The molecule has 0 bridgehead atoms. The second kappa shape index (κ2) is 11.6. The predicted octanol–water partition coefficient (Wildman–Crippen LogP) is 2.20. The summed E-state index contributed by atoms with van der Waals surface area (Å²) in [6.07, 6.45) is 4.82. The molecule has 0 radical (unpaired) electrons. The number of nitrogens with one attached hydrogen (secondary N) is 2. The third-order valence-electron chi connectivity index (χ3n) is 4.78. The van der Waals surface area contributed by atoms with Crippen LogP contribution in [0.15, 0.2) is 30.3 Å². The monoisotopic (exact) mass is 375 g/mol. The molecule has 0 aliphatic carbocycles. The molecule has 27 heavy (non-hydrogen) atoms. The number of carbonyl (C=O) groups is 2. The summed E-state index contributed by atoms with van der Waals surface area (Å²) in [5, 5.41) is 5.75. The lowest BCUT2D eigenvalue weighted by Crippen LogP contribution is -2.51. The highest BCUT2D eigenvalue weighted by Crippen LogP contribution is 2.09. The maximum absolute atomic E-state index is 12.5. The van der Waals surface area contributed by atoms with Crippen LogP contribution in [-0.4, -0.2) is 55.5 Å². The molecule has 6 nitrogen and oxygen atoms in total. The van der Waals surface area contributed by atoms with Crippen molar-refractivity contribution >= 4 is 11.8 Å². The largest absolute Gasteiger partial charge is 0.484 e. The molecule has 2 N–H and O–H groups in total. The van der Waals surface area contributed by atoms with Crippen molar-refractivity contribution in [3.63, 3.8) is 0 Å². The van der Waals surface area contributed by atoms with E-state index in [4.69, 9.17) is 4.74 Å². The fourth-order valence-corrected chi connectivity index (χ4v) is 3.22. The molecule has 1 saturated heterocycles. The Morgan fingerprint density at radius 3 is 2.48 bits per heavy atom. The number of hydrogen-bond donors (Lipinski definition) is 2. The summed E-state index contributed by atoms with van der Waals surface area (Å²) in [7, 11) is 0. The van der Waals surface area contributed by atoms with Crippen molar-refractivity contribution in [1.82, 2.24) is 15.5 Å². The molecule has 2 amide bonds. The predicted molar refractivity (Wildman–Crippen MR) is 107 cm³/mol. The van der Waals surface area contributed by atoms with Crippen LogP contribution in [0.1, 0.15) is 39.5 Å². The number of amides is 2. The summed E-state index contributed by atoms with van der Waals surface area (Å²) in [6.45, 7) is 7.74. The summed E-state index contributed by atoms with van der Waals surface area (Å²) in [5.41, 5.74) is 0. The van der Waals surface area contributed by atoms with Crippen LogP contribution in [-0.2, 0) is 9.59 Å². The fraction of sp³-hybridized carbons (Fsp3) is 0.619. The topological polar surface area (TPSA) is 70.7 Å². The number of rotatable bonds is 10. The van der Waals surface area contributed by atoms with E-state index < -0.39 is 6.04 Å². The lowest BCUT2D eigenvalue weighted by atomic mass is 10.0. The highest BCUT2D eigenvalue weighted by atomic mass is 16.5. The maximum Gasteiger partial charge on any atom is 0.258 e. The smallest absolute Gasteiger partial charge is 0.258 e. The average molecular weight is 376 g/mol. The first-order valence-corrected chi connectivity index (χ1v) is 10.0. The van der Waals surface area contributed by atoms with Crippen LogP contribution in [0.2, 0.25) is 0 Å². The molecule has 2 rings (SSSR count). The van der Waals surface area contributed by atoms with E-state index in [2.05, 4.69) is 15.5 Å². The summed E-state index contributed by atoms with van der Waals surface area (Å²) >= 11 is 0. The van der Waals surface area contributed by atoms with Gasteiger partial charge in [-0.1, -0.05) is 38.5 Å². The Balaban J connectivity index is 1.69. The third-order valence-corrected chi connectivity index (χ3v) is 4.78. The molecule has 1 heterocycles. The SMILES string of the molecule is CC(C)C(NC(=O)COc1ccccc1)C(=O)NCCCN1CCCCC1. The highest BCUT2D eigenvalue weighted by Gasteiger charge is 2.24. The first-order valence-electron chi connectivity index (χ1n) is 10.0. The molecule has 1 aromatic carbocycles.